The Morgan fingerprint density at radius 1 is 0.914 bits per heavy atom. The summed E-state index contributed by atoms with van der Waals surface area (Å²) in [6, 6.07) is 18.2. The molecule has 0 radical (unpaired) electrons. The third-order valence-electron chi connectivity index (χ3n) is 10.5. The summed E-state index contributed by atoms with van der Waals surface area (Å²) in [6.07, 6.45) is 8.06. The minimum Gasteiger partial charge on any atom is -0.480 e. The molecule has 3 aliphatic heterocycles. The summed E-state index contributed by atoms with van der Waals surface area (Å²) in [7, 11) is 0. The van der Waals surface area contributed by atoms with Crippen molar-refractivity contribution >= 4 is 52.9 Å². The number of carbonyl (C=O) groups is 5. The molecule has 3 atom stereocenters. The van der Waals surface area contributed by atoms with E-state index in [-0.39, 0.29) is 60.2 Å². The van der Waals surface area contributed by atoms with Crippen LogP contribution in [0.2, 0.25) is 0 Å². The number of thioether (sulfide) groups is 1. The van der Waals surface area contributed by atoms with Crippen molar-refractivity contribution in [3.05, 3.63) is 95.3 Å². The van der Waals surface area contributed by atoms with E-state index in [4.69, 9.17) is 20.7 Å². The number of fused-ring (bicyclic) bond motifs is 1. The quantitative estimate of drug-likeness (QED) is 0.132. The number of benzene rings is 2. The van der Waals surface area contributed by atoms with Gasteiger partial charge in [-0.15, -0.1) is 0 Å². The largest absolute Gasteiger partial charge is 0.480 e. The second-order valence-electron chi connectivity index (χ2n) is 14.8. The molecular weight excluding hydrogens is 761 g/mol. The summed E-state index contributed by atoms with van der Waals surface area (Å²) in [5.41, 5.74) is 11.1. The molecule has 2 aromatic carbocycles. The predicted octanol–water partition coefficient (Wildman–Crippen LogP) is 4.53. The molecule has 6 rings (SSSR count). The van der Waals surface area contributed by atoms with Crippen LogP contribution in [0.5, 0.6) is 0 Å². The van der Waals surface area contributed by atoms with Crippen LogP contribution >= 0.6 is 11.8 Å². The summed E-state index contributed by atoms with van der Waals surface area (Å²) in [5, 5.41) is 21.3. The Kier molecular flexibility index (Phi) is 15.2. The number of aromatic nitrogens is 1. The molecule has 1 fully saturated rings. The topological polar surface area (TPSA) is 200 Å². The average Bonchev–Trinajstić information content (AvgIpc) is 3.59. The molecule has 0 aliphatic carbocycles. The number of unbranched alkanes of at least 4 members (excludes halogenated alkanes) is 3. The maximum absolute atomic E-state index is 13.3. The summed E-state index contributed by atoms with van der Waals surface area (Å²) in [5.74, 6) is -1.17. The van der Waals surface area contributed by atoms with Crippen molar-refractivity contribution in [1.29, 1.82) is 0 Å². The highest BCUT2D eigenvalue weighted by Gasteiger charge is 2.32. The maximum Gasteiger partial charge on any atom is 0.322 e. The van der Waals surface area contributed by atoms with Gasteiger partial charge in [0.2, 0.25) is 17.7 Å². The molecule has 4 heterocycles. The Morgan fingerprint density at radius 2 is 1.69 bits per heavy atom. The molecule has 308 valence electrons. The number of nitrogens with zero attached hydrogens (tertiary/aromatic N) is 5. The van der Waals surface area contributed by atoms with Crippen molar-refractivity contribution in [2.75, 3.05) is 44.0 Å². The van der Waals surface area contributed by atoms with Gasteiger partial charge in [-0.25, -0.2) is 9.80 Å². The summed E-state index contributed by atoms with van der Waals surface area (Å²) >= 11 is 1.35. The van der Waals surface area contributed by atoms with E-state index >= 15 is 0 Å². The number of nitrogens with two attached hydrogens (primary N) is 1. The highest BCUT2D eigenvalue weighted by molar-refractivity contribution is 8.00. The Bertz CT molecular complexity index is 1910. The van der Waals surface area contributed by atoms with Crippen LogP contribution in [0.15, 0.2) is 78.2 Å². The molecular formula is C42H52N8O7S. The number of carbonyl (C=O) groups excluding carboxylic acids is 4. The molecule has 58 heavy (non-hydrogen) atoms. The van der Waals surface area contributed by atoms with Gasteiger partial charge in [-0.2, -0.15) is 16.9 Å². The van der Waals surface area contributed by atoms with Gasteiger partial charge in [0.25, 0.3) is 0 Å². The molecule has 0 spiro atoms. The number of carboxylic acid groups (broad SMARTS) is 1. The monoisotopic (exact) mass is 812 g/mol. The first-order valence-corrected chi connectivity index (χ1v) is 20.9. The number of hydrogen-bond donors (Lipinski definition) is 4. The van der Waals surface area contributed by atoms with Crippen LogP contribution < -0.4 is 16.4 Å². The zero-order valence-corrected chi connectivity index (χ0v) is 33.4. The summed E-state index contributed by atoms with van der Waals surface area (Å²) < 4.78 is 5.66. The smallest absolute Gasteiger partial charge is 0.322 e. The van der Waals surface area contributed by atoms with Crippen LogP contribution in [0, 0.1) is 0 Å². The van der Waals surface area contributed by atoms with Crippen LogP contribution in [-0.4, -0.2) is 110 Å². The lowest BCUT2D eigenvalue weighted by Gasteiger charge is -2.30. The molecule has 5 N–H and O–H groups in total. The van der Waals surface area contributed by atoms with Crippen molar-refractivity contribution in [3.63, 3.8) is 0 Å². The molecule has 1 saturated heterocycles. The molecule has 3 aromatic rings. The number of carboxylic acids is 1. The van der Waals surface area contributed by atoms with Crippen LogP contribution in [-0.2, 0) is 37.0 Å². The molecule has 3 aliphatic rings. The SMILES string of the molecule is N[C@@H](CSC1COCN(CCCCCC(=O)NCCCCN2N=C(c3ccc(NC(=O)N4Cc5ccncc5C4)cc3)C(c3ccccc3)CC2=O)C(=O)C1)C(=O)O. The zero-order chi connectivity index (χ0) is 40.9. The van der Waals surface area contributed by atoms with E-state index in [1.165, 1.54) is 11.8 Å². The first-order chi connectivity index (χ1) is 28.1. The fraction of sp³-hybridized carbons (Fsp3) is 0.452. The number of anilines is 1. The second kappa shape index (κ2) is 20.9. The molecule has 0 saturated carbocycles. The van der Waals surface area contributed by atoms with Crippen molar-refractivity contribution in [2.24, 2.45) is 10.8 Å². The number of urea groups is 1. The van der Waals surface area contributed by atoms with Gasteiger partial charge in [0.15, 0.2) is 0 Å². The van der Waals surface area contributed by atoms with Crippen LogP contribution in [0.1, 0.15) is 79.5 Å². The van der Waals surface area contributed by atoms with Gasteiger partial charge in [-0.1, -0.05) is 48.9 Å². The fourth-order valence-electron chi connectivity index (χ4n) is 7.14. The molecule has 0 bridgehead atoms. The summed E-state index contributed by atoms with van der Waals surface area (Å²) in [4.78, 5) is 70.2. The highest BCUT2D eigenvalue weighted by atomic mass is 32.2. The number of aliphatic carboxylic acids is 1. The number of hydrogen-bond acceptors (Lipinski definition) is 10. The van der Waals surface area contributed by atoms with Crippen molar-refractivity contribution in [2.45, 2.75) is 81.7 Å². The normalized spacial score (nSPS) is 18.6. The van der Waals surface area contributed by atoms with Crippen molar-refractivity contribution in [1.82, 2.24) is 25.1 Å². The van der Waals surface area contributed by atoms with Crippen LogP contribution in [0.4, 0.5) is 10.5 Å². The van der Waals surface area contributed by atoms with Gasteiger partial charge in [0, 0.05) is 87.0 Å². The van der Waals surface area contributed by atoms with Gasteiger partial charge < -0.3 is 36.0 Å². The van der Waals surface area contributed by atoms with Gasteiger partial charge in [0.05, 0.1) is 12.3 Å². The van der Waals surface area contributed by atoms with E-state index in [9.17, 15) is 24.0 Å². The third-order valence-corrected chi connectivity index (χ3v) is 11.8. The Morgan fingerprint density at radius 3 is 2.47 bits per heavy atom. The van der Waals surface area contributed by atoms with Gasteiger partial charge >= 0.3 is 12.0 Å². The van der Waals surface area contributed by atoms with E-state index in [1.807, 2.05) is 60.7 Å². The molecule has 5 amide bonds. The lowest BCUT2D eigenvalue weighted by molar-refractivity contribution is -0.138. The van der Waals surface area contributed by atoms with E-state index in [2.05, 4.69) is 15.6 Å². The van der Waals surface area contributed by atoms with E-state index in [0.717, 1.165) is 40.8 Å². The number of amides is 5. The predicted molar refractivity (Wildman–Crippen MR) is 221 cm³/mol. The Balaban J connectivity index is 0.916. The highest BCUT2D eigenvalue weighted by Crippen LogP contribution is 2.31. The van der Waals surface area contributed by atoms with E-state index in [1.54, 1.807) is 27.2 Å². The fourth-order valence-corrected chi connectivity index (χ4v) is 8.22. The zero-order valence-electron chi connectivity index (χ0n) is 32.6. The average molecular weight is 813 g/mol. The Hall–Kier alpha value is -5.32. The maximum atomic E-state index is 13.3. The molecule has 15 nitrogen and oxygen atoms in total. The first-order valence-electron chi connectivity index (χ1n) is 19.9. The first kappa shape index (κ1) is 42.3. The number of nitrogens with one attached hydrogen (secondary N) is 2. The molecule has 2 unspecified atom stereocenters. The number of ether oxygens (including phenoxy) is 1. The summed E-state index contributed by atoms with van der Waals surface area (Å²) in [6.45, 7) is 3.07. The van der Waals surface area contributed by atoms with Crippen LogP contribution in [0.25, 0.3) is 0 Å². The van der Waals surface area contributed by atoms with Crippen molar-refractivity contribution in [3.8, 4) is 0 Å². The number of hydrazone groups is 1. The number of rotatable bonds is 18. The number of pyridine rings is 1. The van der Waals surface area contributed by atoms with Crippen molar-refractivity contribution < 1.29 is 33.8 Å². The van der Waals surface area contributed by atoms with Gasteiger partial charge in [0.1, 0.15) is 12.8 Å². The lowest BCUT2D eigenvalue weighted by atomic mass is 9.86. The lowest BCUT2D eigenvalue weighted by Crippen LogP contribution is -2.37. The second-order valence-corrected chi connectivity index (χ2v) is 16.1. The van der Waals surface area contributed by atoms with Crippen LogP contribution in [0.3, 0.4) is 0 Å². The third kappa shape index (κ3) is 11.9. The molecule has 16 heteroatoms. The van der Waals surface area contributed by atoms with Gasteiger partial charge in [-0.3, -0.25) is 24.2 Å². The van der Waals surface area contributed by atoms with E-state index in [0.29, 0.717) is 70.7 Å². The standard InChI is InChI=1S/C42H52N8O7S/c43-36(41(54)55)27-58-34-21-38(52)48(28-57-26-34)19-7-2-5-11-37(51)45-17-6-8-20-50-39(53)22-35(29-9-3-1-4-10-29)40(47-50)30-12-14-33(15-13-30)46-42(56)49-24-31-16-18-44-23-32(31)25-49/h1,3-4,9-10,12-16,18,23,34-36H,2,5-8,11,17,19-22,24-28,43H2,(H,45,51)(H,46,56)(H,54,55)/t34?,35?,36-/m0/s1. The minimum atomic E-state index is -1.06. The molecule has 1 aromatic heterocycles. The van der Waals surface area contributed by atoms with Gasteiger partial charge in [-0.05, 0) is 66.1 Å². The Labute approximate surface area is 342 Å². The van der Waals surface area contributed by atoms with E-state index < -0.39 is 12.0 Å². The minimum absolute atomic E-state index is 0.0275.